The third-order valence-corrected chi connectivity index (χ3v) is 2.94. The molecule has 76 valence electrons. The van der Waals surface area contributed by atoms with E-state index in [4.69, 9.17) is 5.11 Å². The Morgan fingerprint density at radius 1 is 1.46 bits per heavy atom. The lowest BCUT2D eigenvalue weighted by Gasteiger charge is -2.26. The van der Waals surface area contributed by atoms with Crippen molar-refractivity contribution in [3.63, 3.8) is 0 Å². The van der Waals surface area contributed by atoms with Crippen molar-refractivity contribution >= 4 is 5.97 Å². The van der Waals surface area contributed by atoms with Gasteiger partial charge in [0.1, 0.15) is 0 Å². The Hall–Kier alpha value is -0.600. The van der Waals surface area contributed by atoms with Crippen LogP contribution in [0.1, 0.15) is 39.0 Å². The summed E-state index contributed by atoms with van der Waals surface area (Å²) in [6.45, 7) is 2.19. The molecule has 0 aliphatic heterocycles. The lowest BCUT2D eigenvalue weighted by atomic mass is 9.80. The van der Waals surface area contributed by atoms with Crippen molar-refractivity contribution in [3.8, 4) is 0 Å². The summed E-state index contributed by atoms with van der Waals surface area (Å²) < 4.78 is 12.8. The molecule has 1 atom stereocenters. The van der Waals surface area contributed by atoms with E-state index in [0.29, 0.717) is 5.92 Å². The molecule has 1 unspecified atom stereocenters. The fraction of sp³-hybridized carbons (Fsp3) is 0.900. The van der Waals surface area contributed by atoms with Gasteiger partial charge in [-0.3, -0.25) is 0 Å². The highest BCUT2D eigenvalue weighted by Gasteiger charge is 2.24. The lowest BCUT2D eigenvalue weighted by Crippen LogP contribution is -2.21. The zero-order valence-electron chi connectivity index (χ0n) is 8.00. The van der Waals surface area contributed by atoms with Crippen molar-refractivity contribution in [1.82, 2.24) is 0 Å². The normalized spacial score (nSPS) is 31.2. The van der Waals surface area contributed by atoms with E-state index >= 15 is 0 Å². The minimum Gasteiger partial charge on any atom is -0.479 e. The van der Waals surface area contributed by atoms with E-state index in [1.807, 2.05) is 0 Å². The molecule has 0 aromatic carbocycles. The molecule has 0 bridgehead atoms. The molecule has 0 spiro atoms. The molecule has 1 aliphatic carbocycles. The summed E-state index contributed by atoms with van der Waals surface area (Å²) in [5, 5.41) is 8.39. The van der Waals surface area contributed by atoms with Crippen LogP contribution in [0.5, 0.6) is 0 Å². The van der Waals surface area contributed by atoms with Crippen molar-refractivity contribution in [2.45, 2.75) is 45.2 Å². The fourth-order valence-corrected chi connectivity index (χ4v) is 1.96. The maximum atomic E-state index is 12.8. The third kappa shape index (κ3) is 3.33. The van der Waals surface area contributed by atoms with Gasteiger partial charge in [0.2, 0.25) is 0 Å². The Labute approximate surface area is 78.1 Å². The third-order valence-electron chi connectivity index (χ3n) is 2.94. The molecule has 0 heterocycles. The molecule has 0 amide bonds. The zero-order chi connectivity index (χ0) is 9.84. The first-order valence-electron chi connectivity index (χ1n) is 4.96. The predicted molar refractivity (Wildman–Crippen MR) is 48.3 cm³/mol. The standard InChI is InChI=1S/C10H17FO2/c1-7-2-4-8(5-3-7)6-9(11)10(12)13/h7-9H,2-6H2,1H3,(H,12,13). The summed E-state index contributed by atoms with van der Waals surface area (Å²) in [4.78, 5) is 10.3. The van der Waals surface area contributed by atoms with Crippen molar-refractivity contribution in [2.75, 3.05) is 0 Å². The van der Waals surface area contributed by atoms with Gasteiger partial charge in [-0.05, 0) is 18.3 Å². The van der Waals surface area contributed by atoms with Crippen LogP contribution in [0.2, 0.25) is 0 Å². The minimum atomic E-state index is -1.65. The van der Waals surface area contributed by atoms with Crippen molar-refractivity contribution in [3.05, 3.63) is 0 Å². The summed E-state index contributed by atoms with van der Waals surface area (Å²) >= 11 is 0. The van der Waals surface area contributed by atoms with Gasteiger partial charge in [-0.15, -0.1) is 0 Å². The molecule has 13 heavy (non-hydrogen) atoms. The molecule has 2 nitrogen and oxygen atoms in total. The Kier molecular flexibility index (Phi) is 3.70. The number of aliphatic carboxylic acids is 1. The van der Waals surface area contributed by atoms with Crippen LogP contribution in [0.15, 0.2) is 0 Å². The monoisotopic (exact) mass is 188 g/mol. The van der Waals surface area contributed by atoms with Crippen LogP contribution >= 0.6 is 0 Å². The second-order valence-electron chi connectivity index (χ2n) is 4.17. The van der Waals surface area contributed by atoms with E-state index in [-0.39, 0.29) is 6.42 Å². The van der Waals surface area contributed by atoms with Crippen LogP contribution in [-0.4, -0.2) is 17.2 Å². The fourth-order valence-electron chi connectivity index (χ4n) is 1.96. The van der Waals surface area contributed by atoms with E-state index in [1.165, 1.54) is 0 Å². The second-order valence-corrected chi connectivity index (χ2v) is 4.17. The summed E-state index contributed by atoms with van der Waals surface area (Å²) in [5.74, 6) is -0.278. The maximum Gasteiger partial charge on any atom is 0.338 e. The minimum absolute atomic E-state index is 0.210. The predicted octanol–water partition coefficient (Wildman–Crippen LogP) is 2.63. The quantitative estimate of drug-likeness (QED) is 0.739. The van der Waals surface area contributed by atoms with E-state index in [2.05, 4.69) is 6.92 Å². The maximum absolute atomic E-state index is 12.8. The van der Waals surface area contributed by atoms with Crippen molar-refractivity contribution in [2.24, 2.45) is 11.8 Å². The zero-order valence-corrected chi connectivity index (χ0v) is 8.00. The number of alkyl halides is 1. The molecule has 1 N–H and O–H groups in total. The summed E-state index contributed by atoms with van der Waals surface area (Å²) in [7, 11) is 0. The highest BCUT2D eigenvalue weighted by Crippen LogP contribution is 2.31. The van der Waals surface area contributed by atoms with Gasteiger partial charge in [0.25, 0.3) is 0 Å². The number of carboxylic acid groups (broad SMARTS) is 1. The largest absolute Gasteiger partial charge is 0.479 e. The van der Waals surface area contributed by atoms with Gasteiger partial charge in [-0.1, -0.05) is 32.6 Å². The molecule has 0 aromatic heterocycles. The molecular weight excluding hydrogens is 171 g/mol. The molecule has 0 saturated heterocycles. The first-order valence-corrected chi connectivity index (χ1v) is 4.96. The van der Waals surface area contributed by atoms with E-state index in [0.717, 1.165) is 31.6 Å². The van der Waals surface area contributed by atoms with Crippen LogP contribution in [-0.2, 0) is 4.79 Å². The highest BCUT2D eigenvalue weighted by molar-refractivity contribution is 5.71. The molecular formula is C10H17FO2. The molecule has 1 fully saturated rings. The van der Waals surface area contributed by atoms with E-state index < -0.39 is 12.1 Å². The van der Waals surface area contributed by atoms with Crippen molar-refractivity contribution < 1.29 is 14.3 Å². The molecule has 1 saturated carbocycles. The molecule has 1 aliphatic rings. The van der Waals surface area contributed by atoms with E-state index in [1.54, 1.807) is 0 Å². The summed E-state index contributed by atoms with van der Waals surface area (Å²) in [6.07, 6.45) is 2.79. The number of rotatable bonds is 3. The van der Waals surface area contributed by atoms with Crippen LogP contribution < -0.4 is 0 Å². The first kappa shape index (κ1) is 10.5. The first-order chi connectivity index (χ1) is 6.09. The average molecular weight is 188 g/mol. The van der Waals surface area contributed by atoms with E-state index in [9.17, 15) is 9.18 Å². The van der Waals surface area contributed by atoms with Crippen LogP contribution in [0.4, 0.5) is 4.39 Å². The molecule has 1 rings (SSSR count). The Balaban J connectivity index is 2.26. The number of hydrogen-bond acceptors (Lipinski definition) is 1. The number of hydrogen-bond donors (Lipinski definition) is 1. The number of carbonyl (C=O) groups is 1. The van der Waals surface area contributed by atoms with Gasteiger partial charge in [-0.25, -0.2) is 9.18 Å². The summed E-state index contributed by atoms with van der Waals surface area (Å²) in [5.41, 5.74) is 0. The van der Waals surface area contributed by atoms with Gasteiger partial charge in [-0.2, -0.15) is 0 Å². The topological polar surface area (TPSA) is 37.3 Å². The second kappa shape index (κ2) is 4.58. The molecule has 0 aromatic rings. The number of halogens is 1. The van der Waals surface area contributed by atoms with Gasteiger partial charge >= 0.3 is 5.97 Å². The van der Waals surface area contributed by atoms with Gasteiger partial charge in [0.05, 0.1) is 0 Å². The van der Waals surface area contributed by atoms with Gasteiger partial charge in [0, 0.05) is 0 Å². The lowest BCUT2D eigenvalue weighted by molar-refractivity contribution is -0.143. The van der Waals surface area contributed by atoms with Crippen molar-refractivity contribution in [1.29, 1.82) is 0 Å². The molecule has 0 radical (unpaired) electrons. The van der Waals surface area contributed by atoms with Crippen LogP contribution in [0.25, 0.3) is 0 Å². The SMILES string of the molecule is CC1CCC(CC(F)C(=O)O)CC1. The molecule has 3 heteroatoms. The van der Waals surface area contributed by atoms with Gasteiger partial charge < -0.3 is 5.11 Å². The smallest absolute Gasteiger partial charge is 0.338 e. The highest BCUT2D eigenvalue weighted by atomic mass is 19.1. The van der Waals surface area contributed by atoms with Crippen LogP contribution in [0, 0.1) is 11.8 Å². The Morgan fingerprint density at radius 2 is 2.00 bits per heavy atom. The number of carboxylic acids is 1. The van der Waals surface area contributed by atoms with Gasteiger partial charge in [0.15, 0.2) is 6.17 Å². The Bertz CT molecular complexity index is 174. The average Bonchev–Trinajstić information content (AvgIpc) is 2.08. The Morgan fingerprint density at radius 3 is 2.46 bits per heavy atom. The van der Waals surface area contributed by atoms with Crippen LogP contribution in [0.3, 0.4) is 0 Å². The summed E-state index contributed by atoms with van der Waals surface area (Å²) in [6, 6.07) is 0.